The molecule has 0 fully saturated rings. The summed E-state index contributed by atoms with van der Waals surface area (Å²) in [5, 5.41) is 1.51. The number of nitrogens with zero attached hydrogens (tertiary/aromatic N) is 1. The van der Waals surface area contributed by atoms with Crippen LogP contribution >= 0.6 is 0 Å². The van der Waals surface area contributed by atoms with Crippen LogP contribution in [0.2, 0.25) is 0 Å². The van der Waals surface area contributed by atoms with E-state index in [9.17, 15) is 4.79 Å². The summed E-state index contributed by atoms with van der Waals surface area (Å²) < 4.78 is 0. The van der Waals surface area contributed by atoms with Gasteiger partial charge in [-0.1, -0.05) is 51.0 Å². The van der Waals surface area contributed by atoms with Crippen LogP contribution in [-0.4, -0.2) is 18.1 Å². The Labute approximate surface area is 127 Å². The average Bonchev–Trinajstić information content (AvgIpc) is 2.80. The highest BCUT2D eigenvalue weighted by Crippen LogP contribution is 2.39. The van der Waals surface area contributed by atoms with Gasteiger partial charge in [-0.2, -0.15) is 0 Å². The Morgan fingerprint density at radius 3 is 2.71 bits per heavy atom. The van der Waals surface area contributed by atoms with Gasteiger partial charge in [-0.3, -0.25) is 9.63 Å². The van der Waals surface area contributed by atoms with Gasteiger partial charge in [0.25, 0.3) is 5.91 Å². The predicted octanol–water partition coefficient (Wildman–Crippen LogP) is 4.66. The smallest absolute Gasteiger partial charge is 0.273 e. The lowest BCUT2D eigenvalue weighted by atomic mass is 9.95. The highest BCUT2D eigenvalue weighted by Gasteiger charge is 2.38. The number of amides is 1. The van der Waals surface area contributed by atoms with Crippen LogP contribution in [0.3, 0.4) is 0 Å². The molecule has 1 aliphatic rings. The Balaban J connectivity index is 2.28. The van der Waals surface area contributed by atoms with Crippen molar-refractivity contribution >= 4 is 5.91 Å². The molecule has 114 valence electrons. The van der Waals surface area contributed by atoms with Crippen LogP contribution in [-0.2, 0) is 4.84 Å². The van der Waals surface area contributed by atoms with Gasteiger partial charge in [0.1, 0.15) is 6.04 Å². The third-order valence-electron chi connectivity index (χ3n) is 4.09. The van der Waals surface area contributed by atoms with Crippen molar-refractivity contribution in [2.45, 2.75) is 52.0 Å². The molecule has 1 aromatic rings. The number of benzene rings is 1. The predicted molar refractivity (Wildman–Crippen MR) is 84.9 cm³/mol. The molecular weight excluding hydrogens is 262 g/mol. The number of allylic oxidation sites excluding steroid dienone is 1. The third-order valence-corrected chi connectivity index (χ3v) is 4.09. The summed E-state index contributed by atoms with van der Waals surface area (Å²) in [4.78, 5) is 17.8. The summed E-state index contributed by atoms with van der Waals surface area (Å²) in [6, 6.07) is 7.75. The van der Waals surface area contributed by atoms with E-state index in [1.807, 2.05) is 24.3 Å². The number of hydrogen-bond donors (Lipinski definition) is 0. The van der Waals surface area contributed by atoms with E-state index >= 15 is 0 Å². The van der Waals surface area contributed by atoms with Crippen molar-refractivity contribution in [3.8, 4) is 0 Å². The molecule has 0 saturated carbocycles. The number of carbonyl (C=O) groups excluding carboxylic acids is 1. The number of rotatable bonds is 7. The highest BCUT2D eigenvalue weighted by molar-refractivity contribution is 5.99. The molecule has 1 atom stereocenters. The molecule has 1 unspecified atom stereocenters. The molecule has 0 aromatic heterocycles. The van der Waals surface area contributed by atoms with Crippen LogP contribution in [0.5, 0.6) is 0 Å². The van der Waals surface area contributed by atoms with Crippen LogP contribution in [0.4, 0.5) is 0 Å². The minimum Gasteiger partial charge on any atom is -0.273 e. The Kier molecular flexibility index (Phi) is 5.57. The van der Waals surface area contributed by atoms with E-state index in [1.54, 1.807) is 7.11 Å². The normalized spacial score (nSPS) is 18.2. The molecular formula is C18H25NO2. The fraction of sp³-hybridized carbons (Fsp3) is 0.500. The van der Waals surface area contributed by atoms with Crippen molar-refractivity contribution in [3.63, 3.8) is 0 Å². The van der Waals surface area contributed by atoms with Gasteiger partial charge >= 0.3 is 0 Å². The standard InChI is InChI=1S/C18H25NO2/c1-4-6-7-8-11-14(5-2)17-15-12-9-10-13-16(15)18(20)19(17)21-3/h9-13,17H,4-8H2,1-3H3. The highest BCUT2D eigenvalue weighted by atomic mass is 16.7. The number of hydrogen-bond acceptors (Lipinski definition) is 2. The first-order valence-corrected chi connectivity index (χ1v) is 7.90. The number of unbranched alkanes of at least 4 members (excludes halogenated alkanes) is 3. The van der Waals surface area contributed by atoms with Crippen LogP contribution in [0.1, 0.15) is 67.9 Å². The lowest BCUT2D eigenvalue weighted by molar-refractivity contribution is -0.110. The molecule has 1 aromatic carbocycles. The van der Waals surface area contributed by atoms with Crippen LogP contribution in [0, 0.1) is 0 Å². The van der Waals surface area contributed by atoms with E-state index in [4.69, 9.17) is 4.84 Å². The summed E-state index contributed by atoms with van der Waals surface area (Å²) in [6.45, 7) is 4.36. The maximum atomic E-state index is 12.4. The molecule has 0 radical (unpaired) electrons. The second-order valence-corrected chi connectivity index (χ2v) is 5.43. The molecule has 0 aliphatic carbocycles. The topological polar surface area (TPSA) is 29.5 Å². The van der Waals surface area contributed by atoms with Crippen molar-refractivity contribution in [3.05, 3.63) is 47.0 Å². The van der Waals surface area contributed by atoms with Crippen molar-refractivity contribution in [1.82, 2.24) is 5.06 Å². The number of fused-ring (bicyclic) bond motifs is 1. The molecule has 3 nitrogen and oxygen atoms in total. The number of carbonyl (C=O) groups is 1. The molecule has 0 spiro atoms. The Bertz CT molecular complexity index is 522. The van der Waals surface area contributed by atoms with Gasteiger partial charge in [0.05, 0.1) is 7.11 Å². The van der Waals surface area contributed by atoms with Crippen LogP contribution in [0.25, 0.3) is 0 Å². The van der Waals surface area contributed by atoms with E-state index in [2.05, 4.69) is 19.9 Å². The van der Waals surface area contributed by atoms with Crippen molar-refractivity contribution in [2.24, 2.45) is 0 Å². The van der Waals surface area contributed by atoms with E-state index in [-0.39, 0.29) is 11.9 Å². The first kappa shape index (κ1) is 15.8. The lowest BCUT2D eigenvalue weighted by Gasteiger charge is -2.24. The summed E-state index contributed by atoms with van der Waals surface area (Å²) in [6.07, 6.45) is 7.97. The van der Waals surface area contributed by atoms with Gasteiger partial charge in [0.15, 0.2) is 0 Å². The van der Waals surface area contributed by atoms with Gasteiger partial charge in [0, 0.05) is 5.56 Å². The Morgan fingerprint density at radius 2 is 2.05 bits per heavy atom. The van der Waals surface area contributed by atoms with Gasteiger partial charge < -0.3 is 0 Å². The number of hydroxylamine groups is 2. The zero-order chi connectivity index (χ0) is 15.2. The van der Waals surface area contributed by atoms with Crippen molar-refractivity contribution in [1.29, 1.82) is 0 Å². The minimum absolute atomic E-state index is 0.0361. The summed E-state index contributed by atoms with van der Waals surface area (Å²) >= 11 is 0. The summed E-state index contributed by atoms with van der Waals surface area (Å²) in [5.74, 6) is -0.0361. The van der Waals surface area contributed by atoms with Crippen LogP contribution in [0.15, 0.2) is 35.9 Å². The lowest BCUT2D eigenvalue weighted by Crippen LogP contribution is -2.28. The zero-order valence-corrected chi connectivity index (χ0v) is 13.3. The quantitative estimate of drug-likeness (QED) is 0.539. The molecule has 3 heteroatoms. The van der Waals surface area contributed by atoms with Crippen molar-refractivity contribution < 1.29 is 9.63 Å². The summed E-state index contributed by atoms with van der Waals surface area (Å²) in [7, 11) is 1.57. The molecule has 1 aliphatic heterocycles. The largest absolute Gasteiger partial charge is 0.278 e. The average molecular weight is 287 g/mol. The fourth-order valence-corrected chi connectivity index (χ4v) is 2.96. The van der Waals surface area contributed by atoms with Crippen molar-refractivity contribution in [2.75, 3.05) is 7.11 Å². The van der Waals surface area contributed by atoms with Gasteiger partial charge in [-0.05, 0) is 36.5 Å². The maximum Gasteiger partial charge on any atom is 0.278 e. The van der Waals surface area contributed by atoms with E-state index in [0.29, 0.717) is 0 Å². The molecule has 0 bridgehead atoms. The van der Waals surface area contributed by atoms with Gasteiger partial charge in [-0.15, -0.1) is 0 Å². The monoisotopic (exact) mass is 287 g/mol. The summed E-state index contributed by atoms with van der Waals surface area (Å²) in [5.41, 5.74) is 3.09. The first-order chi connectivity index (χ1) is 10.2. The first-order valence-electron chi connectivity index (χ1n) is 7.90. The minimum atomic E-state index is -0.0645. The second kappa shape index (κ2) is 7.41. The molecule has 21 heavy (non-hydrogen) atoms. The SMILES string of the molecule is CCCCCC=C(CC)C1c2ccccc2C(=O)N1OC. The van der Waals surface area contributed by atoms with E-state index in [0.717, 1.165) is 24.0 Å². The maximum absolute atomic E-state index is 12.4. The van der Waals surface area contributed by atoms with Crippen LogP contribution < -0.4 is 0 Å². The Hall–Kier alpha value is -1.61. The Morgan fingerprint density at radius 1 is 1.29 bits per heavy atom. The van der Waals surface area contributed by atoms with Gasteiger partial charge in [0.2, 0.25) is 0 Å². The molecule has 1 heterocycles. The molecule has 2 rings (SSSR count). The molecule has 0 saturated heterocycles. The fourth-order valence-electron chi connectivity index (χ4n) is 2.96. The van der Waals surface area contributed by atoms with E-state index in [1.165, 1.54) is 29.9 Å². The molecule has 0 N–H and O–H groups in total. The van der Waals surface area contributed by atoms with Gasteiger partial charge in [-0.25, -0.2) is 5.06 Å². The zero-order valence-electron chi connectivity index (χ0n) is 13.3. The third kappa shape index (κ3) is 3.18. The molecule has 1 amide bonds. The van der Waals surface area contributed by atoms with E-state index < -0.39 is 0 Å². The second-order valence-electron chi connectivity index (χ2n) is 5.43.